The van der Waals surface area contributed by atoms with Crippen LogP contribution in [0.5, 0.6) is 11.5 Å². The fourth-order valence-corrected chi connectivity index (χ4v) is 5.62. The Kier molecular flexibility index (Phi) is 5.00. The van der Waals surface area contributed by atoms with E-state index in [2.05, 4.69) is 10.6 Å². The van der Waals surface area contributed by atoms with Crippen LogP contribution >= 0.6 is 0 Å². The summed E-state index contributed by atoms with van der Waals surface area (Å²) in [4.78, 5) is 0.171. The molecule has 0 unspecified atom stereocenters. The first-order valence-electron chi connectivity index (χ1n) is 8.20. The second-order valence-corrected chi connectivity index (χ2v) is 8.08. The highest BCUT2D eigenvalue weighted by Gasteiger charge is 2.47. The molecule has 2 heterocycles. The smallest absolute Gasteiger partial charge is 0.247 e. The Morgan fingerprint density at radius 2 is 1.83 bits per heavy atom. The number of piperidine rings is 1. The van der Waals surface area contributed by atoms with E-state index in [0.29, 0.717) is 31.1 Å². The summed E-state index contributed by atoms with van der Waals surface area (Å²) >= 11 is 0. The van der Waals surface area contributed by atoms with E-state index in [-0.39, 0.29) is 10.4 Å². The summed E-state index contributed by atoms with van der Waals surface area (Å²) in [5.41, 5.74) is -0.379. The Balaban J connectivity index is 2.05. The molecule has 7 nitrogen and oxygen atoms in total. The molecule has 2 aliphatic heterocycles. The molecule has 2 fully saturated rings. The second kappa shape index (κ2) is 6.87. The minimum atomic E-state index is -3.68. The molecule has 134 valence electrons. The Morgan fingerprint density at radius 1 is 1.08 bits per heavy atom. The molecule has 2 aliphatic rings. The normalized spacial score (nSPS) is 21.6. The van der Waals surface area contributed by atoms with E-state index < -0.39 is 10.0 Å². The third-order valence-electron chi connectivity index (χ3n) is 4.95. The number of hydrogen-bond acceptors (Lipinski definition) is 6. The summed E-state index contributed by atoms with van der Waals surface area (Å²) in [7, 11) is -0.675. The van der Waals surface area contributed by atoms with Gasteiger partial charge >= 0.3 is 0 Å². The molecule has 0 amide bonds. The van der Waals surface area contributed by atoms with Gasteiger partial charge < -0.3 is 20.1 Å². The van der Waals surface area contributed by atoms with Crippen molar-refractivity contribution in [1.82, 2.24) is 14.9 Å². The monoisotopic (exact) mass is 355 g/mol. The summed E-state index contributed by atoms with van der Waals surface area (Å²) in [6.45, 7) is 3.44. The van der Waals surface area contributed by atoms with Gasteiger partial charge in [-0.25, -0.2) is 8.42 Å². The molecule has 1 aromatic rings. The topological polar surface area (TPSA) is 79.9 Å². The molecule has 1 spiro atoms. The third kappa shape index (κ3) is 2.99. The number of nitrogens with zero attached hydrogens (tertiary/aromatic N) is 1. The molecule has 2 saturated heterocycles. The number of ether oxygens (including phenoxy) is 2. The Hall–Kier alpha value is -1.35. The number of hydrogen-bond donors (Lipinski definition) is 2. The minimum Gasteiger partial charge on any atom is -0.497 e. The zero-order chi connectivity index (χ0) is 17.2. The summed E-state index contributed by atoms with van der Waals surface area (Å²) in [6.07, 6.45) is 1.59. The van der Waals surface area contributed by atoms with E-state index in [4.69, 9.17) is 9.47 Å². The molecular formula is C16H25N3O4S. The summed E-state index contributed by atoms with van der Waals surface area (Å²) in [5, 5.41) is 6.68. The van der Waals surface area contributed by atoms with Gasteiger partial charge in [0.05, 0.1) is 19.8 Å². The molecule has 3 rings (SSSR count). The van der Waals surface area contributed by atoms with Crippen LogP contribution in [0.2, 0.25) is 0 Å². The highest BCUT2D eigenvalue weighted by molar-refractivity contribution is 7.89. The number of rotatable bonds is 4. The molecule has 0 radical (unpaired) electrons. The van der Waals surface area contributed by atoms with E-state index in [1.54, 1.807) is 22.5 Å². The van der Waals surface area contributed by atoms with Crippen molar-refractivity contribution in [3.8, 4) is 11.5 Å². The highest BCUT2D eigenvalue weighted by Crippen LogP contribution is 2.37. The number of piperazine rings is 1. The fourth-order valence-electron chi connectivity index (χ4n) is 3.62. The molecule has 0 saturated carbocycles. The Morgan fingerprint density at radius 3 is 2.50 bits per heavy atom. The predicted molar refractivity (Wildman–Crippen MR) is 91.1 cm³/mol. The minimum absolute atomic E-state index is 0.171. The first kappa shape index (κ1) is 17.5. The molecular weight excluding hydrogens is 330 g/mol. The van der Waals surface area contributed by atoms with Gasteiger partial charge in [-0.1, -0.05) is 0 Å². The third-order valence-corrected chi connectivity index (χ3v) is 6.97. The first-order chi connectivity index (χ1) is 11.5. The van der Waals surface area contributed by atoms with Crippen molar-refractivity contribution in [3.63, 3.8) is 0 Å². The lowest BCUT2D eigenvalue weighted by atomic mass is 9.87. The molecule has 8 heteroatoms. The molecule has 1 aromatic carbocycles. The van der Waals surface area contributed by atoms with E-state index in [9.17, 15) is 8.42 Å². The van der Waals surface area contributed by atoms with E-state index in [0.717, 1.165) is 25.9 Å². The largest absolute Gasteiger partial charge is 0.497 e. The van der Waals surface area contributed by atoms with E-state index >= 15 is 0 Å². The summed E-state index contributed by atoms with van der Waals surface area (Å²) in [5.74, 6) is 0.849. The second-order valence-electron chi connectivity index (χ2n) is 6.25. The molecule has 0 atom stereocenters. The number of nitrogens with one attached hydrogen (secondary N) is 2. The maximum atomic E-state index is 13.5. The zero-order valence-electron chi connectivity index (χ0n) is 14.2. The number of sulfonamides is 1. The maximum Gasteiger partial charge on any atom is 0.247 e. The molecule has 2 N–H and O–H groups in total. The average Bonchev–Trinajstić information content (AvgIpc) is 2.62. The lowest BCUT2D eigenvalue weighted by Gasteiger charge is -2.48. The predicted octanol–water partition coefficient (Wildman–Crippen LogP) is 0.420. The van der Waals surface area contributed by atoms with E-state index in [1.807, 2.05) is 0 Å². The molecule has 0 aromatic heterocycles. The van der Waals surface area contributed by atoms with Crippen molar-refractivity contribution in [2.45, 2.75) is 23.3 Å². The van der Waals surface area contributed by atoms with Crippen LogP contribution in [0.1, 0.15) is 12.8 Å². The Bertz CT molecular complexity index is 678. The average molecular weight is 355 g/mol. The van der Waals surface area contributed by atoms with Crippen LogP contribution in [-0.2, 0) is 10.0 Å². The van der Waals surface area contributed by atoms with Crippen LogP contribution in [0.15, 0.2) is 23.1 Å². The van der Waals surface area contributed by atoms with Gasteiger partial charge in [0.25, 0.3) is 0 Å². The van der Waals surface area contributed by atoms with Gasteiger partial charge in [0.15, 0.2) is 0 Å². The molecule has 0 aliphatic carbocycles. The van der Waals surface area contributed by atoms with Crippen LogP contribution < -0.4 is 20.1 Å². The SMILES string of the molecule is COc1ccc(OC)c(S(=O)(=O)N2CCNCC23CCNCC3)c1. The fraction of sp³-hybridized carbons (Fsp3) is 0.625. The molecule has 0 bridgehead atoms. The van der Waals surface area contributed by atoms with Crippen molar-refractivity contribution in [3.05, 3.63) is 18.2 Å². The van der Waals surface area contributed by atoms with Crippen LogP contribution in [0.4, 0.5) is 0 Å². The first-order valence-corrected chi connectivity index (χ1v) is 9.64. The lowest BCUT2D eigenvalue weighted by Crippen LogP contribution is -2.65. The van der Waals surface area contributed by atoms with Crippen molar-refractivity contribution in [1.29, 1.82) is 0 Å². The number of methoxy groups -OCH3 is 2. The van der Waals surface area contributed by atoms with Crippen LogP contribution in [0.25, 0.3) is 0 Å². The van der Waals surface area contributed by atoms with Gasteiger partial charge in [-0.15, -0.1) is 0 Å². The van der Waals surface area contributed by atoms with Crippen LogP contribution in [0, 0.1) is 0 Å². The van der Waals surface area contributed by atoms with Gasteiger partial charge in [0.2, 0.25) is 10.0 Å². The van der Waals surface area contributed by atoms with Crippen molar-refractivity contribution < 1.29 is 17.9 Å². The summed E-state index contributed by atoms with van der Waals surface area (Å²) in [6, 6.07) is 4.89. The van der Waals surface area contributed by atoms with Gasteiger partial charge in [0.1, 0.15) is 16.4 Å². The quantitative estimate of drug-likeness (QED) is 0.815. The van der Waals surface area contributed by atoms with Crippen molar-refractivity contribution in [2.75, 3.05) is 46.9 Å². The molecule has 24 heavy (non-hydrogen) atoms. The van der Waals surface area contributed by atoms with Crippen molar-refractivity contribution >= 4 is 10.0 Å². The van der Waals surface area contributed by atoms with E-state index in [1.165, 1.54) is 14.2 Å². The van der Waals surface area contributed by atoms with Gasteiger partial charge in [-0.05, 0) is 38.1 Å². The Labute approximate surface area is 143 Å². The van der Waals surface area contributed by atoms with Crippen LogP contribution in [-0.4, -0.2) is 65.2 Å². The maximum absolute atomic E-state index is 13.5. The lowest BCUT2D eigenvalue weighted by molar-refractivity contribution is 0.108. The highest BCUT2D eigenvalue weighted by atomic mass is 32.2. The van der Waals surface area contributed by atoms with Crippen LogP contribution in [0.3, 0.4) is 0 Å². The standard InChI is InChI=1S/C16H25N3O4S/c1-22-13-3-4-14(23-2)15(11-13)24(20,21)19-10-9-18-12-16(19)5-7-17-8-6-16/h3-4,11,17-18H,5-10,12H2,1-2H3. The van der Waals surface area contributed by atoms with Gasteiger partial charge in [-0.2, -0.15) is 4.31 Å². The van der Waals surface area contributed by atoms with Crippen molar-refractivity contribution in [2.24, 2.45) is 0 Å². The van der Waals surface area contributed by atoms with Gasteiger partial charge in [-0.3, -0.25) is 0 Å². The van der Waals surface area contributed by atoms with Gasteiger partial charge in [0, 0.05) is 25.7 Å². The zero-order valence-corrected chi connectivity index (χ0v) is 15.0. The number of benzene rings is 1. The summed E-state index contributed by atoms with van der Waals surface area (Å²) < 4.78 is 39.1.